The summed E-state index contributed by atoms with van der Waals surface area (Å²) in [6.07, 6.45) is 1.03. The summed E-state index contributed by atoms with van der Waals surface area (Å²) in [5, 5.41) is 9.30. The van der Waals surface area contributed by atoms with Gasteiger partial charge in [-0.1, -0.05) is 60.7 Å². The molecule has 1 heterocycles. The minimum atomic E-state index is -0.676. The van der Waals surface area contributed by atoms with E-state index >= 15 is 0 Å². The third-order valence-electron chi connectivity index (χ3n) is 5.80. The van der Waals surface area contributed by atoms with Crippen molar-refractivity contribution in [1.29, 1.82) is 0 Å². The van der Waals surface area contributed by atoms with Crippen LogP contribution in [0.25, 0.3) is 0 Å². The van der Waals surface area contributed by atoms with Crippen LogP contribution in [0.5, 0.6) is 0 Å². The van der Waals surface area contributed by atoms with Gasteiger partial charge in [0.05, 0.1) is 6.04 Å². The van der Waals surface area contributed by atoms with Crippen LogP contribution in [0.4, 0.5) is 5.69 Å². The molecule has 0 bridgehead atoms. The number of carbonyl (C=O) groups excluding carboxylic acids is 2. The molecule has 3 aromatic carbocycles. The Balaban J connectivity index is 1.50. The number of amides is 2. The normalized spacial score (nSPS) is 16.0. The number of benzene rings is 3. The fourth-order valence-corrected chi connectivity index (χ4v) is 4.25. The van der Waals surface area contributed by atoms with Crippen molar-refractivity contribution < 1.29 is 9.59 Å². The van der Waals surface area contributed by atoms with Crippen molar-refractivity contribution in [3.8, 4) is 0 Å². The standard InChI is InChI=1S/C27H29N3O2/c1-18-12-19(2)14-23(13-18)29-27(32)25(15-20-8-4-3-5-9-20)30-26(31)24-16-21-10-6-7-11-22(21)17-28-24/h3-14,24-25,28H,15-17H2,1-2H3,(H,29,32)(H,30,31). The second-order valence-corrected chi connectivity index (χ2v) is 8.52. The first-order valence-corrected chi connectivity index (χ1v) is 11.0. The second-order valence-electron chi connectivity index (χ2n) is 8.52. The van der Waals surface area contributed by atoms with Crippen LogP contribution in [0, 0.1) is 13.8 Å². The number of anilines is 1. The summed E-state index contributed by atoms with van der Waals surface area (Å²) in [7, 11) is 0. The molecule has 0 aromatic heterocycles. The predicted molar refractivity (Wildman–Crippen MR) is 127 cm³/mol. The number of hydrogen-bond acceptors (Lipinski definition) is 3. The Bertz CT molecular complexity index is 1090. The van der Waals surface area contributed by atoms with Crippen LogP contribution in [-0.4, -0.2) is 23.9 Å². The Labute approximate surface area is 189 Å². The van der Waals surface area contributed by atoms with Gasteiger partial charge in [0.1, 0.15) is 6.04 Å². The SMILES string of the molecule is Cc1cc(C)cc(NC(=O)C(Cc2ccccc2)NC(=O)C2Cc3ccccc3CN2)c1. The Hall–Kier alpha value is -3.44. The van der Waals surface area contributed by atoms with Gasteiger partial charge in [0, 0.05) is 18.7 Å². The fraction of sp³-hybridized carbons (Fsp3) is 0.259. The van der Waals surface area contributed by atoms with E-state index in [0.29, 0.717) is 19.4 Å². The zero-order valence-corrected chi connectivity index (χ0v) is 18.5. The third kappa shape index (κ3) is 5.42. The van der Waals surface area contributed by atoms with Crippen LogP contribution in [0.1, 0.15) is 27.8 Å². The first-order valence-electron chi connectivity index (χ1n) is 11.0. The van der Waals surface area contributed by atoms with Crippen molar-refractivity contribution in [1.82, 2.24) is 10.6 Å². The van der Waals surface area contributed by atoms with Crippen molar-refractivity contribution in [3.05, 3.63) is 101 Å². The van der Waals surface area contributed by atoms with Gasteiger partial charge in [-0.05, 0) is 60.2 Å². The average Bonchev–Trinajstić information content (AvgIpc) is 2.78. The highest BCUT2D eigenvalue weighted by Crippen LogP contribution is 2.18. The summed E-state index contributed by atoms with van der Waals surface area (Å²) in [6.45, 7) is 4.64. The van der Waals surface area contributed by atoms with Gasteiger partial charge in [-0.25, -0.2) is 0 Å². The first kappa shape index (κ1) is 21.8. The maximum Gasteiger partial charge on any atom is 0.247 e. The van der Waals surface area contributed by atoms with Gasteiger partial charge in [0.25, 0.3) is 0 Å². The van der Waals surface area contributed by atoms with Crippen molar-refractivity contribution in [3.63, 3.8) is 0 Å². The molecular weight excluding hydrogens is 398 g/mol. The van der Waals surface area contributed by atoms with E-state index in [1.54, 1.807) is 0 Å². The lowest BCUT2D eigenvalue weighted by molar-refractivity contribution is -0.128. The van der Waals surface area contributed by atoms with Crippen molar-refractivity contribution >= 4 is 17.5 Å². The van der Waals surface area contributed by atoms with E-state index in [2.05, 4.69) is 34.1 Å². The Morgan fingerprint density at radius 2 is 1.59 bits per heavy atom. The Morgan fingerprint density at radius 3 is 2.31 bits per heavy atom. The van der Waals surface area contributed by atoms with E-state index in [4.69, 9.17) is 0 Å². The van der Waals surface area contributed by atoms with Crippen molar-refractivity contribution in [2.75, 3.05) is 5.32 Å². The van der Waals surface area contributed by atoms with E-state index < -0.39 is 6.04 Å². The highest BCUT2D eigenvalue weighted by molar-refractivity contribution is 5.98. The van der Waals surface area contributed by atoms with Gasteiger partial charge in [0.15, 0.2) is 0 Å². The highest BCUT2D eigenvalue weighted by Gasteiger charge is 2.28. The predicted octanol–water partition coefficient (Wildman–Crippen LogP) is 3.68. The van der Waals surface area contributed by atoms with Crippen molar-refractivity contribution in [2.24, 2.45) is 0 Å². The van der Waals surface area contributed by atoms with E-state index in [9.17, 15) is 9.59 Å². The second kappa shape index (κ2) is 9.79. The summed E-state index contributed by atoms with van der Waals surface area (Å²) in [5.41, 5.74) is 6.28. The molecule has 2 atom stereocenters. The number of aryl methyl sites for hydroxylation is 2. The zero-order valence-electron chi connectivity index (χ0n) is 18.5. The molecule has 0 radical (unpaired) electrons. The molecule has 0 saturated heterocycles. The minimum absolute atomic E-state index is 0.156. The molecule has 1 aliphatic rings. The molecule has 5 heteroatoms. The Kier molecular flexibility index (Phi) is 6.66. The molecule has 4 rings (SSSR count). The fourth-order valence-electron chi connectivity index (χ4n) is 4.25. The minimum Gasteiger partial charge on any atom is -0.343 e. The third-order valence-corrected chi connectivity index (χ3v) is 5.80. The van der Waals surface area contributed by atoms with Gasteiger partial charge in [-0.3, -0.25) is 9.59 Å². The van der Waals surface area contributed by atoms with Crippen LogP contribution >= 0.6 is 0 Å². The number of fused-ring (bicyclic) bond motifs is 1. The van der Waals surface area contributed by atoms with Gasteiger partial charge in [-0.15, -0.1) is 0 Å². The molecule has 0 spiro atoms. The lowest BCUT2D eigenvalue weighted by Crippen LogP contribution is -2.53. The molecule has 3 N–H and O–H groups in total. The molecule has 3 aromatic rings. The lowest BCUT2D eigenvalue weighted by Gasteiger charge is -2.27. The molecular formula is C27H29N3O2. The van der Waals surface area contributed by atoms with Crippen LogP contribution in [-0.2, 0) is 29.0 Å². The van der Waals surface area contributed by atoms with Crippen LogP contribution in [0.2, 0.25) is 0 Å². The zero-order chi connectivity index (χ0) is 22.5. The van der Waals surface area contributed by atoms with E-state index in [1.807, 2.05) is 68.4 Å². The monoisotopic (exact) mass is 427 g/mol. The number of nitrogens with one attached hydrogen (secondary N) is 3. The van der Waals surface area contributed by atoms with Crippen LogP contribution in [0.15, 0.2) is 72.8 Å². The van der Waals surface area contributed by atoms with Crippen LogP contribution in [0.3, 0.4) is 0 Å². The van der Waals surface area contributed by atoms with Gasteiger partial charge in [-0.2, -0.15) is 0 Å². The Morgan fingerprint density at radius 1 is 0.938 bits per heavy atom. The van der Waals surface area contributed by atoms with Crippen molar-refractivity contribution in [2.45, 2.75) is 45.3 Å². The van der Waals surface area contributed by atoms with E-state index in [-0.39, 0.29) is 17.9 Å². The molecule has 2 amide bonds. The largest absolute Gasteiger partial charge is 0.343 e. The molecule has 5 nitrogen and oxygen atoms in total. The number of rotatable bonds is 6. The smallest absolute Gasteiger partial charge is 0.247 e. The molecule has 2 unspecified atom stereocenters. The van der Waals surface area contributed by atoms with E-state index in [1.165, 1.54) is 11.1 Å². The molecule has 0 fully saturated rings. The first-order chi connectivity index (χ1) is 15.5. The summed E-state index contributed by atoms with van der Waals surface area (Å²) in [5.74, 6) is -0.376. The summed E-state index contributed by atoms with van der Waals surface area (Å²) in [6, 6.07) is 22.8. The summed E-state index contributed by atoms with van der Waals surface area (Å²) in [4.78, 5) is 26.3. The molecule has 0 saturated carbocycles. The number of carbonyl (C=O) groups is 2. The van der Waals surface area contributed by atoms with Gasteiger partial charge < -0.3 is 16.0 Å². The lowest BCUT2D eigenvalue weighted by atomic mass is 9.95. The maximum atomic E-state index is 13.2. The molecule has 164 valence electrons. The quantitative estimate of drug-likeness (QED) is 0.562. The van der Waals surface area contributed by atoms with Gasteiger partial charge >= 0.3 is 0 Å². The molecule has 1 aliphatic heterocycles. The highest BCUT2D eigenvalue weighted by atomic mass is 16.2. The van der Waals surface area contributed by atoms with Gasteiger partial charge in [0.2, 0.25) is 11.8 Å². The topological polar surface area (TPSA) is 70.2 Å². The number of hydrogen-bond donors (Lipinski definition) is 3. The molecule has 32 heavy (non-hydrogen) atoms. The van der Waals surface area contributed by atoms with Crippen LogP contribution < -0.4 is 16.0 Å². The summed E-state index contributed by atoms with van der Waals surface area (Å²) >= 11 is 0. The molecule has 0 aliphatic carbocycles. The summed E-state index contributed by atoms with van der Waals surface area (Å²) < 4.78 is 0. The average molecular weight is 428 g/mol. The maximum absolute atomic E-state index is 13.2. The van der Waals surface area contributed by atoms with E-state index in [0.717, 1.165) is 22.4 Å².